The molecule has 1 saturated heterocycles. The van der Waals surface area contributed by atoms with E-state index in [0.717, 1.165) is 12.1 Å². The molecule has 2 nitrogen and oxygen atoms in total. The summed E-state index contributed by atoms with van der Waals surface area (Å²) in [5, 5.41) is 3.11. The number of hydrogen-bond donors (Lipinski definition) is 1. The zero-order valence-electron chi connectivity index (χ0n) is 6.80. The molecular weight excluding hydrogens is 157 g/mol. The molecule has 0 aliphatic carbocycles. The highest BCUT2D eigenvalue weighted by molar-refractivity contribution is 5.33. The second-order valence-corrected chi connectivity index (χ2v) is 2.89. The first-order valence-corrected chi connectivity index (χ1v) is 3.87. The quantitative estimate of drug-likeness (QED) is 0.676. The molecule has 1 aromatic carbocycles. The van der Waals surface area contributed by atoms with Gasteiger partial charge in [0.2, 0.25) is 0 Å². The van der Waals surface area contributed by atoms with Crippen LogP contribution in [0.1, 0.15) is 11.6 Å². The third-order valence-electron chi connectivity index (χ3n) is 1.94. The molecule has 1 N–H and O–H groups in total. The molecule has 1 heterocycles. The van der Waals surface area contributed by atoms with Gasteiger partial charge in [0.25, 0.3) is 0 Å². The Bertz CT molecular complexity index is 297. The van der Waals surface area contributed by atoms with E-state index in [2.05, 4.69) is 5.32 Å². The fourth-order valence-corrected chi connectivity index (χ4v) is 1.20. The molecule has 0 aromatic heterocycles. The number of nitrogens with one attached hydrogen (secondary N) is 1. The van der Waals surface area contributed by atoms with Gasteiger partial charge in [0.05, 0.1) is 7.11 Å². The van der Waals surface area contributed by atoms with E-state index in [-0.39, 0.29) is 5.82 Å². The van der Waals surface area contributed by atoms with Gasteiger partial charge in [-0.05, 0) is 17.7 Å². The van der Waals surface area contributed by atoms with Crippen molar-refractivity contribution in [2.75, 3.05) is 13.7 Å². The molecule has 0 bridgehead atoms. The van der Waals surface area contributed by atoms with Crippen LogP contribution < -0.4 is 10.1 Å². The summed E-state index contributed by atoms with van der Waals surface area (Å²) >= 11 is 0. The smallest absolute Gasteiger partial charge is 0.127 e. The highest BCUT2D eigenvalue weighted by Crippen LogP contribution is 2.26. The number of methoxy groups -OCH3 is 1. The predicted octanol–water partition coefficient (Wildman–Crippen LogP) is 1.48. The molecular formula is C9H10FNO. The molecule has 64 valence electrons. The van der Waals surface area contributed by atoms with Crippen molar-refractivity contribution in [1.29, 1.82) is 0 Å². The molecule has 0 radical (unpaired) electrons. The topological polar surface area (TPSA) is 31.2 Å². The van der Waals surface area contributed by atoms with Crippen LogP contribution >= 0.6 is 0 Å². The van der Waals surface area contributed by atoms with E-state index in [1.807, 2.05) is 6.07 Å². The van der Waals surface area contributed by atoms with Crippen LogP contribution in [-0.4, -0.2) is 13.7 Å². The Labute approximate surface area is 70.3 Å². The minimum atomic E-state index is -0.238. The van der Waals surface area contributed by atoms with Gasteiger partial charge in [-0.3, -0.25) is 0 Å². The highest BCUT2D eigenvalue weighted by atomic mass is 19.1. The maximum absolute atomic E-state index is 12.9. The molecule has 1 aromatic rings. The van der Waals surface area contributed by atoms with E-state index >= 15 is 0 Å². The Morgan fingerprint density at radius 1 is 1.50 bits per heavy atom. The first kappa shape index (κ1) is 7.55. The summed E-state index contributed by atoms with van der Waals surface area (Å²) in [6.07, 6.45) is 0. The van der Waals surface area contributed by atoms with Crippen molar-refractivity contribution in [1.82, 2.24) is 5.32 Å². The maximum atomic E-state index is 12.9. The lowest BCUT2D eigenvalue weighted by molar-refractivity contribution is 0.410. The monoisotopic (exact) mass is 167 g/mol. The minimum absolute atomic E-state index is 0.238. The van der Waals surface area contributed by atoms with Crippen LogP contribution in [0.2, 0.25) is 0 Å². The molecule has 1 fully saturated rings. The van der Waals surface area contributed by atoms with Crippen molar-refractivity contribution in [3.63, 3.8) is 0 Å². The van der Waals surface area contributed by atoms with Gasteiger partial charge in [-0.1, -0.05) is 0 Å². The lowest BCUT2D eigenvalue weighted by Gasteiger charge is -2.02. The Morgan fingerprint density at radius 3 is 2.83 bits per heavy atom. The Balaban J connectivity index is 2.34. The average molecular weight is 167 g/mol. The van der Waals surface area contributed by atoms with Gasteiger partial charge >= 0.3 is 0 Å². The van der Waals surface area contributed by atoms with Gasteiger partial charge in [-0.2, -0.15) is 0 Å². The summed E-state index contributed by atoms with van der Waals surface area (Å²) in [6.45, 7) is 0.937. The average Bonchev–Trinajstić information content (AvgIpc) is 2.85. The number of hydrogen-bond acceptors (Lipinski definition) is 2. The lowest BCUT2D eigenvalue weighted by atomic mass is 10.1. The molecule has 0 spiro atoms. The van der Waals surface area contributed by atoms with Crippen molar-refractivity contribution in [3.8, 4) is 5.75 Å². The van der Waals surface area contributed by atoms with Crippen LogP contribution in [0.3, 0.4) is 0 Å². The molecule has 3 heteroatoms. The van der Waals surface area contributed by atoms with Crippen molar-refractivity contribution in [3.05, 3.63) is 29.6 Å². The normalized spacial score (nSPS) is 20.7. The first-order valence-electron chi connectivity index (χ1n) is 3.87. The largest absolute Gasteiger partial charge is 0.497 e. The number of benzene rings is 1. The molecule has 0 amide bonds. The third-order valence-corrected chi connectivity index (χ3v) is 1.94. The molecule has 2 rings (SSSR count). The predicted molar refractivity (Wildman–Crippen MR) is 43.7 cm³/mol. The standard InChI is InChI=1S/C9H10FNO/c1-12-8-3-6(9-5-11-9)2-7(10)4-8/h2-4,9,11H,5H2,1H3. The van der Waals surface area contributed by atoms with Gasteiger partial charge in [-0.25, -0.2) is 4.39 Å². The van der Waals surface area contributed by atoms with E-state index in [4.69, 9.17) is 4.74 Å². The Hall–Kier alpha value is -1.09. The van der Waals surface area contributed by atoms with Crippen LogP contribution in [0.15, 0.2) is 18.2 Å². The minimum Gasteiger partial charge on any atom is -0.497 e. The maximum Gasteiger partial charge on any atom is 0.127 e. The summed E-state index contributed by atoms with van der Waals surface area (Å²) in [6, 6.07) is 5.10. The van der Waals surface area contributed by atoms with Crippen molar-refractivity contribution < 1.29 is 9.13 Å². The second kappa shape index (κ2) is 2.75. The Kier molecular flexibility index (Phi) is 1.73. The summed E-state index contributed by atoms with van der Waals surface area (Å²) < 4.78 is 17.8. The van der Waals surface area contributed by atoms with Gasteiger partial charge in [-0.15, -0.1) is 0 Å². The van der Waals surface area contributed by atoms with Crippen LogP contribution in [0.4, 0.5) is 4.39 Å². The zero-order chi connectivity index (χ0) is 8.55. The zero-order valence-corrected chi connectivity index (χ0v) is 6.80. The van der Waals surface area contributed by atoms with Gasteiger partial charge in [0, 0.05) is 18.7 Å². The molecule has 1 unspecified atom stereocenters. The van der Waals surface area contributed by atoms with E-state index in [0.29, 0.717) is 11.8 Å². The fraction of sp³-hybridized carbons (Fsp3) is 0.333. The SMILES string of the molecule is COc1cc(F)cc(C2CN2)c1. The van der Waals surface area contributed by atoms with Gasteiger partial charge < -0.3 is 10.1 Å². The van der Waals surface area contributed by atoms with Gasteiger partial charge in [0.15, 0.2) is 0 Å². The lowest BCUT2D eigenvalue weighted by Crippen LogP contribution is -1.90. The number of rotatable bonds is 2. The van der Waals surface area contributed by atoms with Crippen LogP contribution in [0.25, 0.3) is 0 Å². The van der Waals surface area contributed by atoms with Crippen molar-refractivity contribution in [2.45, 2.75) is 6.04 Å². The summed E-state index contributed by atoms with van der Waals surface area (Å²) in [4.78, 5) is 0. The fourth-order valence-electron chi connectivity index (χ4n) is 1.20. The van der Waals surface area contributed by atoms with Crippen LogP contribution in [0.5, 0.6) is 5.75 Å². The molecule has 12 heavy (non-hydrogen) atoms. The van der Waals surface area contributed by atoms with Gasteiger partial charge in [0.1, 0.15) is 11.6 Å². The Morgan fingerprint density at radius 2 is 2.25 bits per heavy atom. The van der Waals surface area contributed by atoms with Crippen molar-refractivity contribution >= 4 is 0 Å². The van der Waals surface area contributed by atoms with Crippen LogP contribution in [0, 0.1) is 5.82 Å². The van der Waals surface area contributed by atoms with Crippen LogP contribution in [-0.2, 0) is 0 Å². The van der Waals surface area contributed by atoms with E-state index in [1.54, 1.807) is 7.11 Å². The molecule has 1 atom stereocenters. The second-order valence-electron chi connectivity index (χ2n) is 2.89. The first-order chi connectivity index (χ1) is 5.79. The number of ether oxygens (including phenoxy) is 1. The van der Waals surface area contributed by atoms with E-state index < -0.39 is 0 Å². The summed E-state index contributed by atoms with van der Waals surface area (Å²) in [5.41, 5.74) is 0.965. The highest BCUT2D eigenvalue weighted by Gasteiger charge is 2.23. The molecule has 1 aliphatic heterocycles. The van der Waals surface area contributed by atoms with Crippen molar-refractivity contribution in [2.24, 2.45) is 0 Å². The van der Waals surface area contributed by atoms with E-state index in [9.17, 15) is 4.39 Å². The molecule has 0 saturated carbocycles. The summed E-state index contributed by atoms with van der Waals surface area (Å²) in [7, 11) is 1.54. The molecule has 1 aliphatic rings. The number of halogens is 1. The summed E-state index contributed by atoms with van der Waals surface area (Å²) in [5.74, 6) is 0.344. The third kappa shape index (κ3) is 1.41. The van der Waals surface area contributed by atoms with E-state index in [1.165, 1.54) is 12.1 Å².